The zero-order valence-electron chi connectivity index (χ0n) is 13.6. The van der Waals surface area contributed by atoms with E-state index in [0.717, 1.165) is 23.7 Å². The highest BCUT2D eigenvalue weighted by Crippen LogP contribution is 2.22. The summed E-state index contributed by atoms with van der Waals surface area (Å²) in [5, 5.41) is 3.11. The van der Waals surface area contributed by atoms with E-state index in [1.807, 2.05) is 0 Å². The van der Waals surface area contributed by atoms with Crippen LogP contribution in [-0.2, 0) is 9.53 Å². The molecule has 0 spiro atoms. The number of carbonyl (C=O) groups excluding carboxylic acids is 2. The van der Waals surface area contributed by atoms with Gasteiger partial charge in [0.05, 0.1) is 10.6 Å². The van der Waals surface area contributed by atoms with Crippen LogP contribution in [-0.4, -0.2) is 24.5 Å². The van der Waals surface area contributed by atoms with Gasteiger partial charge in [0.15, 0.2) is 6.10 Å². The van der Waals surface area contributed by atoms with E-state index >= 15 is 0 Å². The molecule has 1 N–H and O–H groups in total. The number of carbonyl (C=O) groups is 2. The number of halogens is 2. The first-order valence-corrected chi connectivity index (χ1v) is 9.26. The van der Waals surface area contributed by atoms with E-state index in [1.54, 1.807) is 25.1 Å². The first kappa shape index (κ1) is 19.0. The molecule has 1 aliphatic carbocycles. The Morgan fingerprint density at radius 2 is 2.17 bits per heavy atom. The summed E-state index contributed by atoms with van der Waals surface area (Å²) in [5.41, 5.74) is 1.63. The number of hydrogen-bond acceptors (Lipinski definition) is 3. The van der Waals surface area contributed by atoms with Gasteiger partial charge in [-0.3, -0.25) is 4.79 Å². The molecule has 1 atom stereocenters. The number of amides is 1. The molecule has 2 rings (SSSR count). The molecule has 0 aromatic heterocycles. The zero-order valence-corrected chi connectivity index (χ0v) is 16.0. The molecule has 0 saturated carbocycles. The standard InChI is InChI=1S/C18H21BrClNO3/c1-12(17(22)21-10-9-13-5-3-2-4-6-13)24-18(23)15-11-14(19)7-8-16(15)20/h5,7-8,11-12H,2-4,6,9-10H2,1H3,(H,21,22)/t12-/m0/s1. The van der Waals surface area contributed by atoms with E-state index in [0.29, 0.717) is 11.6 Å². The van der Waals surface area contributed by atoms with Crippen molar-refractivity contribution < 1.29 is 14.3 Å². The number of ether oxygens (including phenoxy) is 1. The number of esters is 1. The Balaban J connectivity index is 1.81. The van der Waals surface area contributed by atoms with Gasteiger partial charge in [0.1, 0.15) is 0 Å². The Bertz CT molecular complexity index is 645. The van der Waals surface area contributed by atoms with Crippen molar-refractivity contribution in [2.24, 2.45) is 0 Å². The van der Waals surface area contributed by atoms with Gasteiger partial charge in [-0.2, -0.15) is 0 Å². The second-order valence-electron chi connectivity index (χ2n) is 5.82. The topological polar surface area (TPSA) is 55.4 Å². The van der Waals surface area contributed by atoms with Gasteiger partial charge in [0.2, 0.25) is 0 Å². The summed E-state index contributed by atoms with van der Waals surface area (Å²) < 4.78 is 5.92. The summed E-state index contributed by atoms with van der Waals surface area (Å²) in [5.74, 6) is -0.912. The van der Waals surface area contributed by atoms with Gasteiger partial charge >= 0.3 is 5.97 Å². The van der Waals surface area contributed by atoms with Crippen molar-refractivity contribution in [3.63, 3.8) is 0 Å². The lowest BCUT2D eigenvalue weighted by Crippen LogP contribution is -2.36. The second-order valence-corrected chi connectivity index (χ2v) is 7.14. The minimum absolute atomic E-state index is 0.234. The lowest BCUT2D eigenvalue weighted by molar-refractivity contribution is -0.129. The Morgan fingerprint density at radius 1 is 1.38 bits per heavy atom. The molecule has 1 amide bonds. The van der Waals surface area contributed by atoms with Crippen molar-refractivity contribution >= 4 is 39.4 Å². The molecule has 0 radical (unpaired) electrons. The summed E-state index contributed by atoms with van der Waals surface area (Å²) in [6, 6.07) is 4.91. The SMILES string of the molecule is C[C@H](OC(=O)c1cc(Br)ccc1Cl)C(=O)NCCC1=CCCCC1. The number of benzene rings is 1. The van der Waals surface area contributed by atoms with Gasteiger partial charge in [0.25, 0.3) is 5.91 Å². The molecule has 4 nitrogen and oxygen atoms in total. The van der Waals surface area contributed by atoms with Crippen LogP contribution in [0.2, 0.25) is 5.02 Å². The van der Waals surface area contributed by atoms with Gasteiger partial charge in [-0.1, -0.05) is 39.2 Å². The number of allylic oxidation sites excluding steroid dienone is 1. The van der Waals surface area contributed by atoms with Gasteiger partial charge in [-0.05, 0) is 57.2 Å². The van der Waals surface area contributed by atoms with Gasteiger partial charge in [-0.15, -0.1) is 0 Å². The summed E-state index contributed by atoms with van der Waals surface area (Å²) >= 11 is 9.28. The first-order chi connectivity index (χ1) is 11.5. The van der Waals surface area contributed by atoms with Gasteiger partial charge in [-0.25, -0.2) is 4.79 Å². The predicted octanol–water partition coefficient (Wildman–Crippen LogP) is 4.65. The molecule has 0 unspecified atom stereocenters. The smallest absolute Gasteiger partial charge is 0.340 e. The average Bonchev–Trinajstić information content (AvgIpc) is 2.57. The van der Waals surface area contributed by atoms with Gasteiger partial charge in [0, 0.05) is 11.0 Å². The van der Waals surface area contributed by atoms with Gasteiger partial charge < -0.3 is 10.1 Å². The average molecular weight is 415 g/mol. The van der Waals surface area contributed by atoms with Crippen molar-refractivity contribution in [1.82, 2.24) is 5.32 Å². The molecule has 130 valence electrons. The maximum absolute atomic E-state index is 12.1. The molecular weight excluding hydrogens is 394 g/mol. The van der Waals surface area contributed by atoms with Crippen molar-refractivity contribution in [3.05, 3.63) is 44.9 Å². The highest BCUT2D eigenvalue weighted by Gasteiger charge is 2.20. The Hall–Kier alpha value is -1.33. The van der Waals surface area contributed by atoms with E-state index in [9.17, 15) is 9.59 Å². The van der Waals surface area contributed by atoms with Crippen LogP contribution < -0.4 is 5.32 Å². The van der Waals surface area contributed by atoms with Crippen LogP contribution >= 0.6 is 27.5 Å². The molecule has 0 bridgehead atoms. The summed E-state index contributed by atoms with van der Waals surface area (Å²) in [6.45, 7) is 2.11. The van der Waals surface area contributed by atoms with Crippen molar-refractivity contribution in [2.45, 2.75) is 45.1 Å². The highest BCUT2D eigenvalue weighted by molar-refractivity contribution is 9.10. The number of rotatable bonds is 6. The molecule has 0 heterocycles. The molecule has 0 fully saturated rings. The molecule has 1 aliphatic rings. The van der Waals surface area contributed by atoms with Crippen LogP contribution in [0, 0.1) is 0 Å². The normalized spacial score (nSPS) is 15.4. The van der Waals surface area contributed by atoms with Crippen LogP contribution in [0.1, 0.15) is 49.4 Å². The Labute approximate surface area is 155 Å². The number of hydrogen-bond donors (Lipinski definition) is 1. The Kier molecular flexibility index (Phi) is 7.31. The second kappa shape index (κ2) is 9.23. The molecule has 1 aromatic carbocycles. The fraction of sp³-hybridized carbons (Fsp3) is 0.444. The number of nitrogens with one attached hydrogen (secondary N) is 1. The molecule has 1 aromatic rings. The fourth-order valence-corrected chi connectivity index (χ4v) is 3.11. The van der Waals surface area contributed by atoms with E-state index in [1.165, 1.54) is 18.4 Å². The Morgan fingerprint density at radius 3 is 2.88 bits per heavy atom. The van der Waals surface area contributed by atoms with E-state index in [-0.39, 0.29) is 11.5 Å². The minimum atomic E-state index is -0.868. The van der Waals surface area contributed by atoms with Crippen molar-refractivity contribution in [1.29, 1.82) is 0 Å². The lowest BCUT2D eigenvalue weighted by Gasteiger charge is -2.16. The maximum Gasteiger partial charge on any atom is 0.340 e. The zero-order chi connectivity index (χ0) is 17.5. The quantitative estimate of drug-likeness (QED) is 0.544. The van der Waals surface area contributed by atoms with Crippen LogP contribution in [0.5, 0.6) is 0 Å². The molecular formula is C18H21BrClNO3. The van der Waals surface area contributed by atoms with Crippen LogP contribution in [0.25, 0.3) is 0 Å². The maximum atomic E-state index is 12.1. The largest absolute Gasteiger partial charge is 0.449 e. The first-order valence-electron chi connectivity index (χ1n) is 8.09. The lowest BCUT2D eigenvalue weighted by atomic mass is 9.97. The fourth-order valence-electron chi connectivity index (χ4n) is 2.55. The van der Waals surface area contributed by atoms with Crippen LogP contribution in [0.4, 0.5) is 0 Å². The predicted molar refractivity (Wildman–Crippen MR) is 98.2 cm³/mol. The van der Waals surface area contributed by atoms with E-state index in [4.69, 9.17) is 16.3 Å². The van der Waals surface area contributed by atoms with Crippen LogP contribution in [0.15, 0.2) is 34.3 Å². The summed E-state index contributed by atoms with van der Waals surface area (Å²) in [6.07, 6.45) is 6.96. The molecule has 0 saturated heterocycles. The van der Waals surface area contributed by atoms with E-state index < -0.39 is 12.1 Å². The molecule has 24 heavy (non-hydrogen) atoms. The van der Waals surface area contributed by atoms with Crippen LogP contribution in [0.3, 0.4) is 0 Å². The van der Waals surface area contributed by atoms with Crippen molar-refractivity contribution in [2.75, 3.05) is 6.54 Å². The summed E-state index contributed by atoms with van der Waals surface area (Å²) in [4.78, 5) is 24.2. The minimum Gasteiger partial charge on any atom is -0.449 e. The third-order valence-electron chi connectivity index (χ3n) is 3.93. The molecule has 0 aliphatic heterocycles. The third kappa shape index (κ3) is 5.64. The van der Waals surface area contributed by atoms with Crippen molar-refractivity contribution in [3.8, 4) is 0 Å². The third-order valence-corrected chi connectivity index (χ3v) is 4.75. The summed E-state index contributed by atoms with van der Waals surface area (Å²) in [7, 11) is 0. The monoisotopic (exact) mass is 413 g/mol. The van der Waals surface area contributed by atoms with E-state index in [2.05, 4.69) is 27.3 Å². The molecule has 6 heteroatoms. The highest BCUT2D eigenvalue weighted by atomic mass is 79.9.